The molecule has 0 saturated heterocycles. The van der Waals surface area contributed by atoms with Crippen molar-refractivity contribution in [3.05, 3.63) is 179 Å². The Morgan fingerprint density at radius 1 is 0.476 bits per heavy atom. The van der Waals surface area contributed by atoms with Gasteiger partial charge in [0.25, 0.3) is 0 Å². The Hall–Kier alpha value is -7.38. The molecule has 63 heavy (non-hydrogen) atoms. The molecule has 0 aromatic heterocycles. The lowest BCUT2D eigenvalue weighted by Crippen LogP contribution is -2.13. The molecule has 6 aromatic rings. The number of hydrogen-bond donors (Lipinski definition) is 0. The van der Waals surface area contributed by atoms with Gasteiger partial charge in [-0.15, -0.1) is 0 Å². The van der Waals surface area contributed by atoms with Gasteiger partial charge in [0.15, 0.2) is 0 Å². The number of unbranched alkanes of at least 4 members (excludes halogenated alkanes) is 9. The average molecular weight is 846 g/mol. The summed E-state index contributed by atoms with van der Waals surface area (Å²) in [6.45, 7) is 2.24. The first-order chi connectivity index (χ1) is 30.7. The summed E-state index contributed by atoms with van der Waals surface area (Å²) in [7, 11) is 0. The molecular formula is C53H48FNO8. The molecule has 0 radical (unpaired) electrons. The summed E-state index contributed by atoms with van der Waals surface area (Å²) in [5.41, 5.74) is 3.81. The SMILES string of the molecule is CCCCCCCCCCCCc1ccc(C(=O)Oc2ccc(C(=O)Oc3cccc(OC(=O)c4ccc(OC(=O)c5ccc(-c6ccc(C#N)cc6)cc5)cc4F)c3)cc2)cc1. The highest BCUT2D eigenvalue weighted by Gasteiger charge is 2.18. The Morgan fingerprint density at radius 3 is 1.43 bits per heavy atom. The van der Waals surface area contributed by atoms with Crippen molar-refractivity contribution in [1.82, 2.24) is 0 Å². The largest absolute Gasteiger partial charge is 0.423 e. The lowest BCUT2D eigenvalue weighted by Gasteiger charge is -2.10. The molecular weight excluding hydrogens is 798 g/mol. The Morgan fingerprint density at radius 2 is 0.905 bits per heavy atom. The number of nitriles is 1. The molecule has 0 saturated carbocycles. The first-order valence-electron chi connectivity index (χ1n) is 21.3. The summed E-state index contributed by atoms with van der Waals surface area (Å²) in [6, 6.07) is 38.0. The molecule has 6 rings (SSSR count). The van der Waals surface area contributed by atoms with E-state index in [0.29, 0.717) is 11.1 Å². The Balaban J connectivity index is 0.937. The maximum absolute atomic E-state index is 15.1. The van der Waals surface area contributed by atoms with Crippen LogP contribution in [0.3, 0.4) is 0 Å². The molecule has 0 heterocycles. The Bertz CT molecular complexity index is 2530. The number of nitrogens with zero attached hydrogens (tertiary/aromatic N) is 1. The highest BCUT2D eigenvalue weighted by Crippen LogP contribution is 2.26. The number of halogens is 1. The zero-order valence-corrected chi connectivity index (χ0v) is 35.1. The van der Waals surface area contributed by atoms with Crippen LogP contribution in [0, 0.1) is 17.1 Å². The molecule has 0 bridgehead atoms. The fraction of sp³-hybridized carbons (Fsp3) is 0.226. The second kappa shape index (κ2) is 23.0. The van der Waals surface area contributed by atoms with Crippen LogP contribution in [-0.4, -0.2) is 23.9 Å². The summed E-state index contributed by atoms with van der Waals surface area (Å²) in [5.74, 6) is -3.79. The molecule has 0 aliphatic rings. The van der Waals surface area contributed by atoms with Gasteiger partial charge in [-0.3, -0.25) is 0 Å². The molecule has 9 nitrogen and oxygen atoms in total. The molecule has 0 amide bonds. The van der Waals surface area contributed by atoms with Crippen LogP contribution in [0.25, 0.3) is 11.1 Å². The van der Waals surface area contributed by atoms with Gasteiger partial charge < -0.3 is 18.9 Å². The van der Waals surface area contributed by atoms with E-state index in [2.05, 4.69) is 13.0 Å². The van der Waals surface area contributed by atoms with Crippen molar-refractivity contribution >= 4 is 23.9 Å². The van der Waals surface area contributed by atoms with Gasteiger partial charge in [-0.25, -0.2) is 23.6 Å². The molecule has 6 aromatic carbocycles. The summed E-state index contributed by atoms with van der Waals surface area (Å²) in [6.07, 6.45) is 13.8. The number of hydrogen-bond acceptors (Lipinski definition) is 9. The van der Waals surface area contributed by atoms with Crippen LogP contribution in [0.2, 0.25) is 0 Å². The number of rotatable bonds is 20. The third-order valence-electron chi connectivity index (χ3n) is 10.4. The van der Waals surface area contributed by atoms with Crippen LogP contribution >= 0.6 is 0 Å². The van der Waals surface area contributed by atoms with Crippen molar-refractivity contribution in [3.63, 3.8) is 0 Å². The monoisotopic (exact) mass is 845 g/mol. The van der Waals surface area contributed by atoms with Crippen LogP contribution in [0.4, 0.5) is 4.39 Å². The van der Waals surface area contributed by atoms with E-state index >= 15 is 4.39 Å². The average Bonchev–Trinajstić information content (AvgIpc) is 3.30. The lowest BCUT2D eigenvalue weighted by atomic mass is 10.0. The van der Waals surface area contributed by atoms with E-state index < -0.39 is 35.3 Å². The topological polar surface area (TPSA) is 129 Å². The number of carbonyl (C=O) groups is 4. The van der Waals surface area contributed by atoms with Crippen molar-refractivity contribution in [1.29, 1.82) is 5.26 Å². The van der Waals surface area contributed by atoms with E-state index in [1.165, 1.54) is 118 Å². The molecule has 0 aliphatic carbocycles. The second-order valence-corrected chi connectivity index (χ2v) is 15.1. The summed E-state index contributed by atoms with van der Waals surface area (Å²) in [4.78, 5) is 51.4. The van der Waals surface area contributed by atoms with Crippen molar-refractivity contribution in [3.8, 4) is 40.2 Å². The number of esters is 4. The third-order valence-corrected chi connectivity index (χ3v) is 10.4. The van der Waals surface area contributed by atoms with Crippen LogP contribution < -0.4 is 18.9 Å². The summed E-state index contributed by atoms with van der Waals surface area (Å²) >= 11 is 0. The van der Waals surface area contributed by atoms with E-state index in [1.807, 2.05) is 12.1 Å². The van der Waals surface area contributed by atoms with Crippen LogP contribution in [0.15, 0.2) is 140 Å². The number of aryl methyl sites for hydroxylation is 1. The minimum atomic E-state index is -1.03. The van der Waals surface area contributed by atoms with Crippen LogP contribution in [0.1, 0.15) is 124 Å². The molecule has 320 valence electrons. The molecule has 0 unspecified atom stereocenters. The van der Waals surface area contributed by atoms with Gasteiger partial charge in [0.1, 0.15) is 28.8 Å². The highest BCUT2D eigenvalue weighted by molar-refractivity contribution is 5.94. The van der Waals surface area contributed by atoms with Crippen molar-refractivity contribution < 1.29 is 42.5 Å². The quantitative estimate of drug-likeness (QED) is 0.0419. The first-order valence-corrected chi connectivity index (χ1v) is 21.3. The predicted molar refractivity (Wildman–Crippen MR) is 238 cm³/mol. The van der Waals surface area contributed by atoms with Gasteiger partial charge in [-0.05, 0) is 114 Å². The van der Waals surface area contributed by atoms with Gasteiger partial charge >= 0.3 is 23.9 Å². The summed E-state index contributed by atoms with van der Waals surface area (Å²) in [5, 5.41) is 9.01. The number of carbonyl (C=O) groups excluding carboxylic acids is 4. The standard InChI is InChI=1S/C53H48FNO8/c1-2-3-4-5-6-7-8-9-10-11-13-37-16-22-41(23-17-37)50(56)60-44-30-28-43(29-31-44)52(58)61-45-14-12-15-46(34-45)63-53(59)48-33-32-47(35-49(48)54)62-51(57)42-26-24-40(25-27-42)39-20-18-38(36-55)19-21-39/h12,14-35H,2-11,13H2,1H3. The van der Waals surface area contributed by atoms with Crippen molar-refractivity contribution in [2.75, 3.05) is 0 Å². The molecule has 10 heteroatoms. The van der Waals surface area contributed by atoms with Gasteiger partial charge in [0, 0.05) is 12.1 Å². The van der Waals surface area contributed by atoms with Crippen LogP contribution in [-0.2, 0) is 6.42 Å². The maximum atomic E-state index is 15.1. The van der Waals surface area contributed by atoms with Gasteiger partial charge in [0.05, 0.1) is 33.9 Å². The van der Waals surface area contributed by atoms with Crippen LogP contribution in [0.5, 0.6) is 23.0 Å². The molecule has 0 N–H and O–H groups in total. The zero-order chi connectivity index (χ0) is 44.4. The maximum Gasteiger partial charge on any atom is 0.346 e. The third kappa shape index (κ3) is 13.6. The zero-order valence-electron chi connectivity index (χ0n) is 35.1. The molecule has 0 atom stereocenters. The fourth-order valence-electron chi connectivity index (χ4n) is 6.81. The van der Waals surface area contributed by atoms with E-state index in [-0.39, 0.29) is 34.1 Å². The number of benzene rings is 6. The number of ether oxygens (including phenoxy) is 4. The molecule has 0 fully saturated rings. The smallest absolute Gasteiger partial charge is 0.346 e. The van der Waals surface area contributed by atoms with E-state index in [1.54, 1.807) is 60.7 Å². The minimum absolute atomic E-state index is 0.0150. The van der Waals surface area contributed by atoms with Crippen molar-refractivity contribution in [2.24, 2.45) is 0 Å². The summed E-state index contributed by atoms with van der Waals surface area (Å²) < 4.78 is 36.8. The lowest BCUT2D eigenvalue weighted by molar-refractivity contribution is 0.0720. The Labute approximate surface area is 367 Å². The first kappa shape index (κ1) is 45.2. The van der Waals surface area contributed by atoms with E-state index in [4.69, 9.17) is 24.2 Å². The predicted octanol–water partition coefficient (Wildman–Crippen LogP) is 12.7. The normalized spacial score (nSPS) is 10.7. The van der Waals surface area contributed by atoms with Crippen molar-refractivity contribution in [2.45, 2.75) is 77.6 Å². The van der Waals surface area contributed by atoms with E-state index in [0.717, 1.165) is 36.1 Å². The van der Waals surface area contributed by atoms with Gasteiger partial charge in [0.2, 0.25) is 0 Å². The highest BCUT2D eigenvalue weighted by atomic mass is 19.1. The van der Waals surface area contributed by atoms with E-state index in [9.17, 15) is 19.2 Å². The fourth-order valence-corrected chi connectivity index (χ4v) is 6.81. The molecule has 0 aliphatic heterocycles. The Kier molecular flexibility index (Phi) is 16.5. The minimum Gasteiger partial charge on any atom is -0.423 e. The molecule has 0 spiro atoms. The second-order valence-electron chi connectivity index (χ2n) is 15.1. The van der Waals surface area contributed by atoms with Gasteiger partial charge in [-0.1, -0.05) is 107 Å². The van der Waals surface area contributed by atoms with Gasteiger partial charge in [-0.2, -0.15) is 5.26 Å².